The molecule has 1 N–H and O–H groups in total. The average molecular weight is 483 g/mol. The fraction of sp³-hybridized carbons (Fsp3) is 0.107. The largest absolute Gasteiger partial charge is 0.492 e. The van der Waals surface area contributed by atoms with E-state index in [0.29, 0.717) is 18.7 Å². The van der Waals surface area contributed by atoms with Crippen molar-refractivity contribution in [3.63, 3.8) is 0 Å². The van der Waals surface area contributed by atoms with E-state index in [0.717, 1.165) is 39.2 Å². The Bertz CT molecular complexity index is 1500. The number of nitrogens with zero attached hydrogens (tertiary/aromatic N) is 2. The van der Waals surface area contributed by atoms with Gasteiger partial charge in [-0.15, -0.1) is 0 Å². The molecular formula is C28H22FN3O4. The fourth-order valence-corrected chi connectivity index (χ4v) is 4.11. The van der Waals surface area contributed by atoms with Gasteiger partial charge in [0.05, 0.1) is 12.2 Å². The number of barbiturate groups is 1. The van der Waals surface area contributed by atoms with Gasteiger partial charge in [-0.2, -0.15) is 0 Å². The number of fused-ring (bicyclic) bond motifs is 1. The molecule has 3 aromatic carbocycles. The molecule has 1 fully saturated rings. The number of nitrogens with one attached hydrogen (secondary N) is 1. The number of hydrogen-bond donors (Lipinski definition) is 1. The molecule has 1 saturated heterocycles. The van der Waals surface area contributed by atoms with Crippen molar-refractivity contribution in [1.82, 2.24) is 9.88 Å². The first-order valence-electron chi connectivity index (χ1n) is 11.3. The lowest BCUT2D eigenvalue weighted by molar-refractivity contribution is -0.122. The Hall–Kier alpha value is -4.72. The Morgan fingerprint density at radius 1 is 0.944 bits per heavy atom. The first kappa shape index (κ1) is 23.0. The van der Waals surface area contributed by atoms with E-state index >= 15 is 0 Å². The summed E-state index contributed by atoms with van der Waals surface area (Å²) >= 11 is 0. The number of aromatic nitrogens is 1. The zero-order valence-electron chi connectivity index (χ0n) is 19.4. The Kier molecular flexibility index (Phi) is 6.08. The van der Waals surface area contributed by atoms with Crippen molar-refractivity contribution in [2.45, 2.75) is 13.5 Å². The van der Waals surface area contributed by atoms with Crippen molar-refractivity contribution in [3.8, 4) is 5.75 Å². The first-order valence-corrected chi connectivity index (χ1v) is 11.3. The molecule has 2 heterocycles. The molecule has 180 valence electrons. The molecule has 4 amide bonds. The normalized spacial score (nSPS) is 15.0. The maximum Gasteiger partial charge on any atom is 0.335 e. The van der Waals surface area contributed by atoms with E-state index in [1.54, 1.807) is 0 Å². The van der Waals surface area contributed by atoms with E-state index in [-0.39, 0.29) is 11.3 Å². The monoisotopic (exact) mass is 483 g/mol. The number of halogens is 1. The lowest BCUT2D eigenvalue weighted by atomic mass is 10.1. The summed E-state index contributed by atoms with van der Waals surface area (Å²) in [6.07, 6.45) is 3.32. The third-order valence-electron chi connectivity index (χ3n) is 5.93. The summed E-state index contributed by atoms with van der Waals surface area (Å²) in [6, 6.07) is 19.4. The SMILES string of the molecule is Cc1ccc(OCCn2cc(C=C3C(=O)NC(=O)N(c4ccc(F)cc4)C3=O)c3ccccc32)cc1. The van der Waals surface area contributed by atoms with E-state index in [4.69, 9.17) is 4.74 Å². The van der Waals surface area contributed by atoms with Crippen LogP contribution in [-0.2, 0) is 16.1 Å². The van der Waals surface area contributed by atoms with Crippen LogP contribution >= 0.6 is 0 Å². The molecule has 0 saturated carbocycles. The van der Waals surface area contributed by atoms with Gasteiger partial charge < -0.3 is 9.30 Å². The standard InChI is InChI=1S/C28H22FN3O4/c1-18-6-12-22(13-7-18)36-15-14-31-17-19(23-4-2-3-5-25(23)31)16-24-26(33)30-28(35)32(27(24)34)21-10-8-20(29)9-11-21/h2-13,16-17H,14-15H2,1H3,(H,30,33,35). The third kappa shape index (κ3) is 4.48. The summed E-state index contributed by atoms with van der Waals surface area (Å²) < 4.78 is 21.2. The van der Waals surface area contributed by atoms with Crippen molar-refractivity contribution in [1.29, 1.82) is 0 Å². The number of imide groups is 2. The van der Waals surface area contributed by atoms with Gasteiger partial charge in [0, 0.05) is 22.7 Å². The summed E-state index contributed by atoms with van der Waals surface area (Å²) in [5, 5.41) is 3.03. The fourth-order valence-electron chi connectivity index (χ4n) is 4.11. The zero-order valence-corrected chi connectivity index (χ0v) is 19.4. The Balaban J connectivity index is 1.44. The number of rotatable bonds is 6. The molecule has 1 aliphatic rings. The smallest absolute Gasteiger partial charge is 0.335 e. The van der Waals surface area contributed by atoms with Gasteiger partial charge in [0.2, 0.25) is 0 Å². The Labute approximate surface area is 206 Å². The second-order valence-corrected chi connectivity index (χ2v) is 8.39. The molecule has 0 bridgehead atoms. The van der Waals surface area contributed by atoms with Gasteiger partial charge in [-0.05, 0) is 55.5 Å². The van der Waals surface area contributed by atoms with Gasteiger partial charge in [-0.1, -0.05) is 35.9 Å². The van der Waals surface area contributed by atoms with Crippen molar-refractivity contribution >= 4 is 40.5 Å². The molecule has 0 unspecified atom stereocenters. The van der Waals surface area contributed by atoms with Crippen LogP contribution in [0.2, 0.25) is 0 Å². The summed E-state index contributed by atoms with van der Waals surface area (Å²) in [4.78, 5) is 39.0. The highest BCUT2D eigenvalue weighted by Gasteiger charge is 2.37. The molecule has 7 nitrogen and oxygen atoms in total. The number of carbonyl (C=O) groups excluding carboxylic acids is 3. The number of para-hydroxylation sites is 1. The molecule has 1 aromatic heterocycles. The molecule has 36 heavy (non-hydrogen) atoms. The molecule has 0 radical (unpaired) electrons. The highest BCUT2D eigenvalue weighted by molar-refractivity contribution is 6.39. The summed E-state index contributed by atoms with van der Waals surface area (Å²) in [6.45, 7) is 2.97. The van der Waals surface area contributed by atoms with Crippen LogP contribution in [0.1, 0.15) is 11.1 Å². The first-order chi connectivity index (χ1) is 17.4. The predicted octanol–water partition coefficient (Wildman–Crippen LogP) is 4.83. The predicted molar refractivity (Wildman–Crippen MR) is 134 cm³/mol. The lowest BCUT2D eigenvalue weighted by Gasteiger charge is -2.26. The molecule has 8 heteroatoms. The number of ether oxygens (including phenoxy) is 1. The summed E-state index contributed by atoms with van der Waals surface area (Å²) in [5.74, 6) is -1.30. The highest BCUT2D eigenvalue weighted by Crippen LogP contribution is 2.27. The topological polar surface area (TPSA) is 80.6 Å². The number of urea groups is 1. The minimum Gasteiger partial charge on any atom is -0.492 e. The van der Waals surface area contributed by atoms with Crippen molar-refractivity contribution in [2.24, 2.45) is 0 Å². The second kappa shape index (κ2) is 9.50. The van der Waals surface area contributed by atoms with E-state index in [1.165, 1.54) is 18.2 Å². The van der Waals surface area contributed by atoms with Crippen LogP contribution in [0, 0.1) is 12.7 Å². The number of aryl methyl sites for hydroxylation is 1. The minimum atomic E-state index is -0.885. The Morgan fingerprint density at radius 3 is 2.42 bits per heavy atom. The minimum absolute atomic E-state index is 0.160. The van der Waals surface area contributed by atoms with Crippen molar-refractivity contribution in [3.05, 3.63) is 102 Å². The van der Waals surface area contributed by atoms with Crippen LogP contribution in [0.25, 0.3) is 17.0 Å². The van der Waals surface area contributed by atoms with Crippen molar-refractivity contribution < 1.29 is 23.5 Å². The molecule has 5 rings (SSSR count). The third-order valence-corrected chi connectivity index (χ3v) is 5.93. The quantitative estimate of drug-likeness (QED) is 0.315. The van der Waals surface area contributed by atoms with Crippen LogP contribution in [-0.4, -0.2) is 29.0 Å². The van der Waals surface area contributed by atoms with Crippen LogP contribution in [0.3, 0.4) is 0 Å². The number of anilines is 1. The summed E-state index contributed by atoms with van der Waals surface area (Å²) in [5.41, 5.74) is 2.67. The van der Waals surface area contributed by atoms with Gasteiger partial charge in [-0.25, -0.2) is 14.1 Å². The number of hydrogen-bond acceptors (Lipinski definition) is 4. The summed E-state index contributed by atoms with van der Waals surface area (Å²) in [7, 11) is 0. The molecule has 4 aromatic rings. The van der Waals surface area contributed by atoms with Gasteiger partial charge in [-0.3, -0.25) is 14.9 Å². The van der Waals surface area contributed by atoms with E-state index in [1.807, 2.05) is 66.2 Å². The van der Waals surface area contributed by atoms with Crippen LogP contribution < -0.4 is 15.0 Å². The van der Waals surface area contributed by atoms with Gasteiger partial charge in [0.1, 0.15) is 23.7 Å². The Morgan fingerprint density at radius 2 is 1.67 bits per heavy atom. The highest BCUT2D eigenvalue weighted by atomic mass is 19.1. The van der Waals surface area contributed by atoms with Gasteiger partial charge in [0.25, 0.3) is 11.8 Å². The van der Waals surface area contributed by atoms with Crippen LogP contribution in [0.4, 0.5) is 14.9 Å². The van der Waals surface area contributed by atoms with E-state index < -0.39 is 23.7 Å². The van der Waals surface area contributed by atoms with Crippen LogP contribution in [0.5, 0.6) is 5.75 Å². The number of benzene rings is 3. The second-order valence-electron chi connectivity index (χ2n) is 8.39. The van der Waals surface area contributed by atoms with Crippen LogP contribution in [0.15, 0.2) is 84.6 Å². The molecule has 0 aliphatic carbocycles. The molecular weight excluding hydrogens is 461 g/mol. The molecule has 1 aliphatic heterocycles. The maximum atomic E-state index is 13.3. The number of carbonyl (C=O) groups is 3. The zero-order chi connectivity index (χ0) is 25.2. The average Bonchev–Trinajstić information content (AvgIpc) is 3.21. The van der Waals surface area contributed by atoms with E-state index in [9.17, 15) is 18.8 Å². The van der Waals surface area contributed by atoms with Gasteiger partial charge in [0.15, 0.2) is 0 Å². The van der Waals surface area contributed by atoms with E-state index in [2.05, 4.69) is 5.32 Å². The molecule has 0 atom stereocenters. The molecule has 0 spiro atoms. The number of amides is 4. The van der Waals surface area contributed by atoms with Crippen molar-refractivity contribution in [2.75, 3.05) is 11.5 Å². The van der Waals surface area contributed by atoms with Gasteiger partial charge >= 0.3 is 6.03 Å². The lowest BCUT2D eigenvalue weighted by Crippen LogP contribution is -2.54. The maximum absolute atomic E-state index is 13.3.